The summed E-state index contributed by atoms with van der Waals surface area (Å²) in [6, 6.07) is 12.0. The highest BCUT2D eigenvalue weighted by Gasteiger charge is 2.75. The van der Waals surface area contributed by atoms with Crippen molar-refractivity contribution in [3.05, 3.63) is 86.7 Å². The molecule has 1 aromatic heterocycles. The number of aromatic hydroxyl groups is 1. The highest BCUT2D eigenvalue weighted by Crippen LogP contribution is 2.64. The number of rotatable bonds is 4. The minimum absolute atomic E-state index is 0.00643. The lowest BCUT2D eigenvalue weighted by atomic mass is 9.64. The maximum atomic E-state index is 13.8. The molecular weight excluding hydrogens is 615 g/mol. The topological polar surface area (TPSA) is 116 Å². The number of hydrogen-bond acceptors (Lipinski definition) is 6. The number of para-hydroxylation sites is 1. The fourth-order valence-electron chi connectivity index (χ4n) is 6.05. The standard InChI is InChI=1S/C26H21BrCl2N4O6/c1-39-15-7-8-19(34)17(11-15)20-16-9-10-31-23(37)32(14-5-3-2-4-6-14)24(38)33(31)18(16)12-25(28)21(35)30(13-27)22(36)26(20,25)29/h2-9,11,18,20,34H,10,12-13H2,1H3/t18-,20-,25-,26+/m1/s1. The number of carbonyl (C=O) groups is 2. The van der Waals surface area contributed by atoms with Gasteiger partial charge in [0.1, 0.15) is 11.5 Å². The summed E-state index contributed by atoms with van der Waals surface area (Å²) < 4.78 is 8.95. The number of likely N-dealkylation sites (tertiary alicyclic amines) is 1. The normalized spacial score (nSPS) is 27.6. The van der Waals surface area contributed by atoms with Crippen molar-refractivity contribution in [1.82, 2.24) is 18.8 Å². The third-order valence-electron chi connectivity index (χ3n) is 7.84. The van der Waals surface area contributed by atoms with Crippen LogP contribution in [0.3, 0.4) is 0 Å². The van der Waals surface area contributed by atoms with Gasteiger partial charge in [0.25, 0.3) is 11.8 Å². The van der Waals surface area contributed by atoms with Gasteiger partial charge in [0.15, 0.2) is 9.75 Å². The fraction of sp³-hybridized carbons (Fsp3) is 0.308. The number of carbonyl (C=O) groups excluding carboxylic acids is 2. The van der Waals surface area contributed by atoms with Crippen LogP contribution in [0.1, 0.15) is 23.9 Å². The number of aromatic nitrogens is 3. The Kier molecular flexibility index (Phi) is 5.91. The van der Waals surface area contributed by atoms with E-state index in [0.717, 1.165) is 9.47 Å². The summed E-state index contributed by atoms with van der Waals surface area (Å²) in [6.07, 6.45) is 1.47. The molecular formula is C26H21BrCl2N4O6. The molecule has 1 saturated heterocycles. The van der Waals surface area contributed by atoms with Crippen LogP contribution in [0.2, 0.25) is 0 Å². The number of benzene rings is 2. The molecule has 1 N–H and O–H groups in total. The lowest BCUT2D eigenvalue weighted by Gasteiger charge is -2.49. The minimum Gasteiger partial charge on any atom is -0.508 e. The number of imide groups is 1. The SMILES string of the molecule is COc1ccc(O)c([C@H]2C3=CCn4c(=O)n(-c5ccccc5)c(=O)n4[C@@H]3C[C@@]3(Cl)C(=O)N(CBr)C(=O)[C@@]23Cl)c1. The number of hydrogen-bond donors (Lipinski definition) is 1. The molecule has 0 unspecified atom stereocenters. The number of ether oxygens (including phenoxy) is 1. The summed E-state index contributed by atoms with van der Waals surface area (Å²) in [5, 5.41) is 11.0. The highest BCUT2D eigenvalue weighted by atomic mass is 79.9. The number of nitrogens with zero attached hydrogens (tertiary/aromatic N) is 4. The molecule has 3 heterocycles. The van der Waals surface area contributed by atoms with Crippen molar-refractivity contribution in [2.75, 3.05) is 12.6 Å². The average molecular weight is 636 g/mol. The van der Waals surface area contributed by atoms with Gasteiger partial charge in [0.05, 0.1) is 30.8 Å². The van der Waals surface area contributed by atoms with E-state index in [1.165, 1.54) is 34.7 Å². The van der Waals surface area contributed by atoms with Gasteiger partial charge in [-0.25, -0.2) is 23.5 Å². The first-order chi connectivity index (χ1) is 18.6. The second-order valence-corrected chi connectivity index (χ2v) is 11.4. The zero-order valence-corrected chi connectivity index (χ0v) is 23.5. The molecule has 2 fully saturated rings. The summed E-state index contributed by atoms with van der Waals surface area (Å²) in [5.41, 5.74) is -0.283. The molecule has 1 aliphatic carbocycles. The Hall–Kier alpha value is -3.28. The molecule has 0 bridgehead atoms. The molecule has 1 saturated carbocycles. The predicted molar refractivity (Wildman–Crippen MR) is 146 cm³/mol. The molecule has 6 rings (SSSR count). The molecule has 2 aromatic carbocycles. The maximum Gasteiger partial charge on any atom is 0.352 e. The number of halogens is 3. The van der Waals surface area contributed by atoms with Gasteiger partial charge >= 0.3 is 11.4 Å². The number of allylic oxidation sites excluding steroid dienone is 2. The van der Waals surface area contributed by atoms with Crippen molar-refractivity contribution in [1.29, 1.82) is 0 Å². The van der Waals surface area contributed by atoms with Crippen LogP contribution < -0.4 is 16.1 Å². The molecule has 39 heavy (non-hydrogen) atoms. The summed E-state index contributed by atoms with van der Waals surface area (Å²) in [6.45, 7) is -0.00643. The Labute approximate surface area is 239 Å². The van der Waals surface area contributed by atoms with Crippen molar-refractivity contribution in [2.24, 2.45) is 0 Å². The van der Waals surface area contributed by atoms with E-state index >= 15 is 0 Å². The summed E-state index contributed by atoms with van der Waals surface area (Å²) in [4.78, 5) is 51.5. The van der Waals surface area contributed by atoms with Gasteiger partial charge in [0.2, 0.25) is 0 Å². The van der Waals surface area contributed by atoms with E-state index in [9.17, 15) is 24.3 Å². The van der Waals surface area contributed by atoms with Crippen molar-refractivity contribution in [3.63, 3.8) is 0 Å². The lowest BCUT2D eigenvalue weighted by Crippen LogP contribution is -2.59. The number of alkyl halides is 3. The maximum absolute atomic E-state index is 13.8. The molecule has 0 radical (unpaired) electrons. The zero-order valence-electron chi connectivity index (χ0n) is 20.4. The van der Waals surface area contributed by atoms with Crippen LogP contribution in [0, 0.1) is 0 Å². The van der Waals surface area contributed by atoms with Crippen molar-refractivity contribution < 1.29 is 19.4 Å². The molecule has 2 aliphatic heterocycles. The molecule has 202 valence electrons. The van der Waals surface area contributed by atoms with Crippen molar-refractivity contribution in [2.45, 2.75) is 34.7 Å². The lowest BCUT2D eigenvalue weighted by molar-refractivity contribution is -0.138. The summed E-state index contributed by atoms with van der Waals surface area (Å²) in [7, 11) is 1.45. The van der Waals surface area contributed by atoms with Crippen LogP contribution in [0.25, 0.3) is 5.69 Å². The second kappa shape index (κ2) is 8.87. The Morgan fingerprint density at radius 1 is 1.05 bits per heavy atom. The van der Waals surface area contributed by atoms with E-state index in [2.05, 4.69) is 15.9 Å². The van der Waals surface area contributed by atoms with E-state index in [1.807, 2.05) is 0 Å². The number of phenols is 1. The van der Waals surface area contributed by atoms with Crippen molar-refractivity contribution in [3.8, 4) is 17.2 Å². The first-order valence-corrected chi connectivity index (χ1v) is 13.8. The van der Waals surface area contributed by atoms with E-state index in [1.54, 1.807) is 36.4 Å². The quantitative estimate of drug-likeness (QED) is 0.204. The number of fused-ring (bicyclic) bond motifs is 4. The Morgan fingerprint density at radius 2 is 1.77 bits per heavy atom. The molecule has 2 amide bonds. The van der Waals surface area contributed by atoms with E-state index in [4.69, 9.17) is 27.9 Å². The number of phenolic OH excluding ortho intramolecular Hbond substituents is 1. The summed E-state index contributed by atoms with van der Waals surface area (Å²) >= 11 is 17.5. The van der Waals surface area contributed by atoms with Crippen LogP contribution in [-0.4, -0.2) is 58.1 Å². The van der Waals surface area contributed by atoms with Crippen molar-refractivity contribution >= 4 is 50.9 Å². The van der Waals surface area contributed by atoms with E-state index < -0.39 is 44.9 Å². The van der Waals surface area contributed by atoms with Gasteiger partial charge in [-0.1, -0.05) is 40.2 Å². The third kappa shape index (κ3) is 3.26. The minimum atomic E-state index is -2.04. The molecule has 4 atom stereocenters. The number of methoxy groups -OCH3 is 1. The summed E-state index contributed by atoms with van der Waals surface area (Å²) in [5.74, 6) is -2.43. The van der Waals surface area contributed by atoms with Crippen LogP contribution in [0.15, 0.2) is 69.8 Å². The third-order valence-corrected chi connectivity index (χ3v) is 9.76. The van der Waals surface area contributed by atoms with Crippen LogP contribution in [-0.2, 0) is 16.1 Å². The van der Waals surface area contributed by atoms with Gasteiger partial charge in [-0.05, 0) is 35.9 Å². The van der Waals surface area contributed by atoms with Crippen LogP contribution in [0.5, 0.6) is 11.5 Å². The molecule has 3 aromatic rings. The zero-order chi connectivity index (χ0) is 27.9. The van der Waals surface area contributed by atoms with Gasteiger partial charge in [-0.3, -0.25) is 14.5 Å². The first kappa shape index (κ1) is 26.0. The first-order valence-electron chi connectivity index (χ1n) is 12.0. The Balaban J connectivity index is 1.64. The van der Waals surface area contributed by atoms with Crippen LogP contribution in [0.4, 0.5) is 0 Å². The predicted octanol–water partition coefficient (Wildman–Crippen LogP) is 2.86. The molecule has 0 spiro atoms. The van der Waals surface area contributed by atoms with Crippen LogP contribution >= 0.6 is 39.1 Å². The monoisotopic (exact) mass is 634 g/mol. The Bertz CT molecular complexity index is 1700. The van der Waals surface area contributed by atoms with Gasteiger partial charge in [0, 0.05) is 17.9 Å². The molecule has 13 heteroatoms. The highest BCUT2D eigenvalue weighted by molar-refractivity contribution is 9.09. The largest absolute Gasteiger partial charge is 0.508 e. The molecule has 10 nitrogen and oxygen atoms in total. The van der Waals surface area contributed by atoms with E-state index in [-0.39, 0.29) is 29.7 Å². The number of amides is 2. The van der Waals surface area contributed by atoms with E-state index in [0.29, 0.717) is 17.0 Å². The van der Waals surface area contributed by atoms with Gasteiger partial charge in [-0.15, -0.1) is 23.2 Å². The smallest absolute Gasteiger partial charge is 0.352 e. The average Bonchev–Trinajstić information content (AvgIpc) is 3.27. The van der Waals surface area contributed by atoms with Gasteiger partial charge < -0.3 is 9.84 Å². The fourth-order valence-corrected chi connectivity index (χ4v) is 7.45. The Morgan fingerprint density at radius 3 is 2.44 bits per heavy atom. The second-order valence-electron chi connectivity index (χ2n) is 9.62. The molecule has 3 aliphatic rings. The van der Waals surface area contributed by atoms with Gasteiger partial charge in [-0.2, -0.15) is 0 Å².